The van der Waals surface area contributed by atoms with Crippen LogP contribution in [0.5, 0.6) is 0 Å². The molecule has 3 aromatic heterocycles. The number of hydrogen-bond donors (Lipinski definition) is 2. The molecule has 0 spiro atoms. The zero-order valence-electron chi connectivity index (χ0n) is 16.3. The fraction of sp³-hybridized carbons (Fsp3) is 0.250. The highest BCUT2D eigenvalue weighted by Gasteiger charge is 2.19. The van der Waals surface area contributed by atoms with Gasteiger partial charge in [-0.1, -0.05) is 17.3 Å². The van der Waals surface area contributed by atoms with Crippen LogP contribution in [0.2, 0.25) is 0 Å². The third-order valence-corrected chi connectivity index (χ3v) is 4.72. The van der Waals surface area contributed by atoms with Crippen molar-refractivity contribution in [1.82, 2.24) is 30.2 Å². The van der Waals surface area contributed by atoms with E-state index in [1.165, 1.54) is 0 Å². The van der Waals surface area contributed by atoms with Gasteiger partial charge in [-0.25, -0.2) is 9.67 Å². The van der Waals surface area contributed by atoms with Gasteiger partial charge in [0.15, 0.2) is 0 Å². The second-order valence-corrected chi connectivity index (χ2v) is 6.81. The second kappa shape index (κ2) is 8.96. The molecule has 0 amide bonds. The fourth-order valence-electron chi connectivity index (χ4n) is 3.14. The monoisotopic (exact) mass is 427 g/mol. The Balaban J connectivity index is 1.59. The van der Waals surface area contributed by atoms with Crippen molar-refractivity contribution in [2.75, 3.05) is 12.3 Å². The van der Waals surface area contributed by atoms with E-state index in [0.717, 1.165) is 11.1 Å². The van der Waals surface area contributed by atoms with Crippen molar-refractivity contribution in [3.8, 4) is 22.7 Å². The summed E-state index contributed by atoms with van der Waals surface area (Å²) in [6, 6.07) is 10.4. The van der Waals surface area contributed by atoms with Gasteiger partial charge in [0.05, 0.1) is 12.2 Å². The topological polar surface area (TPSA) is 129 Å². The third-order valence-electron chi connectivity index (χ3n) is 4.72. The number of rotatable bonds is 8. The summed E-state index contributed by atoms with van der Waals surface area (Å²) >= 11 is 0. The first-order chi connectivity index (χ1) is 15.0. The van der Waals surface area contributed by atoms with Crippen LogP contribution in [0.25, 0.3) is 22.7 Å². The van der Waals surface area contributed by atoms with Crippen molar-refractivity contribution in [1.29, 1.82) is 0 Å². The average Bonchev–Trinajstić information content (AvgIpc) is 3.46. The van der Waals surface area contributed by atoms with Crippen molar-refractivity contribution in [2.24, 2.45) is 0 Å². The first-order valence-electron chi connectivity index (χ1n) is 9.51. The lowest BCUT2D eigenvalue weighted by molar-refractivity contribution is 0.116. The van der Waals surface area contributed by atoms with Crippen LogP contribution in [0, 0.1) is 0 Å². The average molecular weight is 427 g/mol. The molecule has 0 aliphatic heterocycles. The second-order valence-electron chi connectivity index (χ2n) is 6.81. The maximum Gasteiger partial charge on any atom is 0.314 e. The van der Waals surface area contributed by atoms with E-state index < -0.39 is 12.3 Å². The molecule has 4 aromatic rings. The van der Waals surface area contributed by atoms with E-state index in [1.807, 2.05) is 18.2 Å². The highest BCUT2D eigenvalue weighted by Crippen LogP contribution is 2.28. The molecule has 0 bridgehead atoms. The summed E-state index contributed by atoms with van der Waals surface area (Å²) in [5.74, 6) is -0.279. The predicted octanol–water partition coefficient (Wildman–Crippen LogP) is 3.27. The van der Waals surface area contributed by atoms with Crippen LogP contribution in [0.3, 0.4) is 0 Å². The van der Waals surface area contributed by atoms with Crippen molar-refractivity contribution < 1.29 is 18.3 Å². The van der Waals surface area contributed by atoms with Gasteiger partial charge in [-0.2, -0.15) is 8.78 Å². The van der Waals surface area contributed by atoms with Gasteiger partial charge < -0.3 is 15.3 Å². The Kier molecular flexibility index (Phi) is 5.94. The highest BCUT2D eigenvalue weighted by atomic mass is 19.3. The Morgan fingerprint density at radius 2 is 1.81 bits per heavy atom. The molecule has 3 N–H and O–H groups in total. The van der Waals surface area contributed by atoms with Crippen molar-refractivity contribution in [3.63, 3.8) is 0 Å². The number of aromatic nitrogens is 6. The first-order valence-corrected chi connectivity index (χ1v) is 9.51. The molecule has 9 nitrogen and oxygen atoms in total. The lowest BCUT2D eigenvalue weighted by Crippen LogP contribution is -2.12. The fourth-order valence-corrected chi connectivity index (χ4v) is 3.14. The molecule has 4 rings (SSSR count). The molecule has 1 unspecified atom stereocenters. The third kappa shape index (κ3) is 4.56. The van der Waals surface area contributed by atoms with Crippen molar-refractivity contribution in [2.45, 2.75) is 25.3 Å². The zero-order valence-corrected chi connectivity index (χ0v) is 16.3. The van der Waals surface area contributed by atoms with E-state index in [2.05, 4.69) is 25.5 Å². The van der Waals surface area contributed by atoms with Gasteiger partial charge in [0.1, 0.15) is 11.5 Å². The maximum absolute atomic E-state index is 12.7. The quantitative estimate of drug-likeness (QED) is 0.438. The largest absolute Gasteiger partial charge is 0.415 e. The van der Waals surface area contributed by atoms with E-state index in [-0.39, 0.29) is 18.5 Å². The number of benzene rings is 1. The zero-order chi connectivity index (χ0) is 21.8. The smallest absolute Gasteiger partial charge is 0.314 e. The Hall–Kier alpha value is -3.73. The molecule has 0 radical (unpaired) electrons. The minimum Gasteiger partial charge on any atom is -0.415 e. The highest BCUT2D eigenvalue weighted by molar-refractivity contribution is 5.58. The van der Waals surface area contributed by atoms with Gasteiger partial charge in [0, 0.05) is 23.9 Å². The summed E-state index contributed by atoms with van der Waals surface area (Å²) in [6.45, 7) is 0.0381. The number of halogens is 2. The van der Waals surface area contributed by atoms with Crippen LogP contribution < -0.4 is 5.73 Å². The molecule has 160 valence electrons. The van der Waals surface area contributed by atoms with E-state index in [1.54, 1.807) is 35.3 Å². The number of alkyl halides is 2. The number of aliphatic hydroxyl groups excluding tert-OH is 1. The molecule has 0 fully saturated rings. The summed E-state index contributed by atoms with van der Waals surface area (Å²) in [6.07, 6.45) is 1.79. The number of aliphatic hydroxyl groups is 1. The van der Waals surface area contributed by atoms with E-state index in [9.17, 15) is 13.9 Å². The lowest BCUT2D eigenvalue weighted by Gasteiger charge is -2.17. The summed E-state index contributed by atoms with van der Waals surface area (Å²) in [5, 5.41) is 24.8. The van der Waals surface area contributed by atoms with Gasteiger partial charge in [0.2, 0.25) is 5.89 Å². The van der Waals surface area contributed by atoms with Gasteiger partial charge in [-0.05, 0) is 42.7 Å². The number of nitrogens with zero attached hydrogens (tertiary/aromatic N) is 6. The summed E-state index contributed by atoms with van der Waals surface area (Å²) in [4.78, 5) is 4.07. The minimum atomic E-state index is -2.82. The molecule has 0 saturated carbocycles. The molecule has 1 atom stereocenters. The molecule has 3 heterocycles. The number of anilines is 1. The molecule has 11 heteroatoms. The number of nitrogen functional groups attached to an aromatic ring is 1. The van der Waals surface area contributed by atoms with Gasteiger partial charge in [-0.15, -0.1) is 15.3 Å². The number of nitrogens with two attached hydrogens (primary N) is 1. The van der Waals surface area contributed by atoms with Gasteiger partial charge in [-0.3, -0.25) is 0 Å². The van der Waals surface area contributed by atoms with Crippen LogP contribution >= 0.6 is 0 Å². The van der Waals surface area contributed by atoms with Gasteiger partial charge >= 0.3 is 6.43 Å². The Labute approximate surface area is 175 Å². The van der Waals surface area contributed by atoms with Crippen molar-refractivity contribution >= 4 is 5.82 Å². The molecule has 0 saturated heterocycles. The Morgan fingerprint density at radius 1 is 1.03 bits per heavy atom. The molecule has 31 heavy (non-hydrogen) atoms. The Morgan fingerprint density at radius 3 is 2.45 bits per heavy atom. The molecule has 1 aromatic carbocycles. The predicted molar refractivity (Wildman–Crippen MR) is 107 cm³/mol. The SMILES string of the molecule is Nc1ccc(-c2cn(C(CCCO)c3ccc(-c4nnc(C(F)F)o4)cc3)nn2)cn1. The summed E-state index contributed by atoms with van der Waals surface area (Å²) < 4.78 is 32.1. The van der Waals surface area contributed by atoms with Crippen LogP contribution in [0.15, 0.2) is 53.2 Å². The lowest BCUT2D eigenvalue weighted by atomic mass is 10.0. The summed E-state index contributed by atoms with van der Waals surface area (Å²) in [5.41, 5.74) is 8.48. The standard InChI is InChI=1S/C20H19F2N7O2/c21-18(22)20-27-26-19(31-20)13-5-3-12(4-6-13)16(2-1-9-30)29-11-15(25-28-29)14-7-8-17(23)24-10-14/h3-8,10-11,16,18,30H,1-2,9H2,(H2,23,24). The molecule has 0 aliphatic carbocycles. The van der Waals surface area contributed by atoms with E-state index in [4.69, 9.17) is 10.2 Å². The van der Waals surface area contributed by atoms with Crippen LogP contribution in [-0.4, -0.2) is 41.9 Å². The number of pyridine rings is 1. The minimum absolute atomic E-state index is 0.0210. The van der Waals surface area contributed by atoms with Crippen LogP contribution in [-0.2, 0) is 0 Å². The molecule has 0 aliphatic rings. The normalized spacial score (nSPS) is 12.4. The van der Waals surface area contributed by atoms with Crippen LogP contribution in [0.4, 0.5) is 14.6 Å². The Bertz CT molecular complexity index is 1130. The maximum atomic E-state index is 12.7. The first kappa shape index (κ1) is 20.5. The number of hydrogen-bond acceptors (Lipinski definition) is 8. The summed E-state index contributed by atoms with van der Waals surface area (Å²) in [7, 11) is 0. The molecular formula is C20H19F2N7O2. The van der Waals surface area contributed by atoms with E-state index >= 15 is 0 Å². The van der Waals surface area contributed by atoms with E-state index in [0.29, 0.717) is 29.9 Å². The van der Waals surface area contributed by atoms with Crippen LogP contribution in [0.1, 0.15) is 36.8 Å². The van der Waals surface area contributed by atoms with Gasteiger partial charge in [0.25, 0.3) is 5.89 Å². The molecular weight excluding hydrogens is 408 g/mol. The van der Waals surface area contributed by atoms with Crippen molar-refractivity contribution in [3.05, 3.63) is 60.2 Å².